The molecule has 0 fully saturated rings. The van der Waals surface area contributed by atoms with Crippen molar-refractivity contribution >= 4 is 11.6 Å². The van der Waals surface area contributed by atoms with Gasteiger partial charge in [0.05, 0.1) is 23.0 Å². The lowest BCUT2D eigenvalue weighted by molar-refractivity contribution is 0.520. The van der Waals surface area contributed by atoms with E-state index in [0.717, 1.165) is 24.2 Å². The summed E-state index contributed by atoms with van der Waals surface area (Å²) in [6, 6.07) is 6.18. The van der Waals surface area contributed by atoms with Crippen molar-refractivity contribution in [3.05, 3.63) is 51.8 Å². The van der Waals surface area contributed by atoms with E-state index in [9.17, 15) is 0 Å². The molecular weight excluding hydrogens is 272 g/mol. The highest BCUT2D eigenvalue weighted by Crippen LogP contribution is 2.30. The van der Waals surface area contributed by atoms with Crippen molar-refractivity contribution < 1.29 is 0 Å². The third-order valence-corrected chi connectivity index (χ3v) is 3.75. The second-order valence-corrected chi connectivity index (χ2v) is 5.47. The Kier molecular flexibility index (Phi) is 4.81. The van der Waals surface area contributed by atoms with Gasteiger partial charge in [-0.05, 0) is 31.4 Å². The Morgan fingerprint density at radius 2 is 2.15 bits per heavy atom. The van der Waals surface area contributed by atoms with E-state index in [0.29, 0.717) is 5.02 Å². The lowest BCUT2D eigenvalue weighted by atomic mass is 9.97. The summed E-state index contributed by atoms with van der Waals surface area (Å²) in [4.78, 5) is 0. The maximum Gasteiger partial charge on any atom is 0.0896 e. The Morgan fingerprint density at radius 1 is 1.40 bits per heavy atom. The van der Waals surface area contributed by atoms with Crippen LogP contribution >= 0.6 is 11.6 Å². The van der Waals surface area contributed by atoms with E-state index in [1.54, 1.807) is 6.20 Å². The van der Waals surface area contributed by atoms with Gasteiger partial charge in [0.15, 0.2) is 0 Å². The van der Waals surface area contributed by atoms with Crippen molar-refractivity contribution in [1.82, 2.24) is 15.2 Å². The highest BCUT2D eigenvalue weighted by Gasteiger charge is 2.22. The zero-order valence-corrected chi connectivity index (χ0v) is 12.9. The number of nitrogens with one attached hydrogen (secondary N) is 1. The molecule has 0 radical (unpaired) electrons. The summed E-state index contributed by atoms with van der Waals surface area (Å²) in [5, 5.41) is 4.98. The smallest absolute Gasteiger partial charge is 0.0896 e. The highest BCUT2D eigenvalue weighted by molar-refractivity contribution is 6.31. The number of nitrogens with zero attached hydrogens (tertiary/aromatic N) is 2. The molecule has 3 N–H and O–H groups in total. The molecule has 1 heterocycles. The van der Waals surface area contributed by atoms with Gasteiger partial charge in [-0.2, -0.15) is 5.10 Å². The second-order valence-electron chi connectivity index (χ2n) is 5.06. The highest BCUT2D eigenvalue weighted by atomic mass is 35.5. The fraction of sp³-hybridized carbons (Fsp3) is 0.400. The molecule has 0 saturated carbocycles. The van der Waals surface area contributed by atoms with Crippen LogP contribution in [0.25, 0.3) is 0 Å². The molecule has 2 rings (SSSR count). The Hall–Kier alpha value is -1.36. The summed E-state index contributed by atoms with van der Waals surface area (Å²) in [5.41, 5.74) is 7.31. The van der Waals surface area contributed by atoms with Crippen LogP contribution in [0.1, 0.15) is 41.8 Å². The molecule has 0 aliphatic rings. The normalized spacial score (nSPS) is 12.7. The SMILES string of the molecule is CCCn1ncc(Cl)c1C(NN)c1cc(C)ccc1C. The van der Waals surface area contributed by atoms with Gasteiger partial charge in [0.25, 0.3) is 0 Å². The Labute approximate surface area is 124 Å². The summed E-state index contributed by atoms with van der Waals surface area (Å²) < 4.78 is 1.93. The lowest BCUT2D eigenvalue weighted by Crippen LogP contribution is -2.31. The molecule has 1 unspecified atom stereocenters. The van der Waals surface area contributed by atoms with Crippen molar-refractivity contribution in [3.8, 4) is 0 Å². The molecule has 0 saturated heterocycles. The predicted octanol–water partition coefficient (Wildman–Crippen LogP) is 3.12. The number of aromatic nitrogens is 2. The lowest BCUT2D eigenvalue weighted by Gasteiger charge is -2.21. The van der Waals surface area contributed by atoms with Gasteiger partial charge in [-0.25, -0.2) is 5.43 Å². The Morgan fingerprint density at radius 3 is 2.80 bits per heavy atom. The van der Waals surface area contributed by atoms with E-state index >= 15 is 0 Å². The number of halogens is 1. The molecule has 108 valence electrons. The molecule has 2 aromatic rings. The average molecular weight is 293 g/mol. The van der Waals surface area contributed by atoms with Gasteiger partial charge in [0.1, 0.15) is 0 Å². The van der Waals surface area contributed by atoms with Crippen LogP contribution < -0.4 is 11.3 Å². The maximum absolute atomic E-state index is 6.32. The van der Waals surface area contributed by atoms with Gasteiger partial charge in [-0.15, -0.1) is 0 Å². The van der Waals surface area contributed by atoms with Gasteiger partial charge in [0, 0.05) is 6.54 Å². The molecule has 1 aromatic carbocycles. The molecule has 1 aromatic heterocycles. The first-order valence-corrected chi connectivity index (χ1v) is 7.20. The molecule has 20 heavy (non-hydrogen) atoms. The standard InChI is InChI=1S/C15H21ClN4/c1-4-7-20-15(13(16)9-18-20)14(19-17)12-8-10(2)5-6-11(12)3/h5-6,8-9,14,19H,4,7,17H2,1-3H3. The van der Waals surface area contributed by atoms with Crippen LogP contribution in [0, 0.1) is 13.8 Å². The topological polar surface area (TPSA) is 55.9 Å². The van der Waals surface area contributed by atoms with Crippen LogP contribution in [0.4, 0.5) is 0 Å². The minimum absolute atomic E-state index is 0.156. The number of aryl methyl sites for hydroxylation is 3. The van der Waals surface area contributed by atoms with Crippen LogP contribution in [-0.2, 0) is 6.54 Å². The molecule has 0 amide bonds. The van der Waals surface area contributed by atoms with Gasteiger partial charge < -0.3 is 0 Å². The molecule has 5 heteroatoms. The van der Waals surface area contributed by atoms with Crippen LogP contribution in [-0.4, -0.2) is 9.78 Å². The molecule has 1 atom stereocenters. The fourth-order valence-corrected chi connectivity index (χ4v) is 2.69. The van der Waals surface area contributed by atoms with Crippen molar-refractivity contribution in [2.24, 2.45) is 5.84 Å². The van der Waals surface area contributed by atoms with Crippen LogP contribution in [0.3, 0.4) is 0 Å². The van der Waals surface area contributed by atoms with E-state index in [1.165, 1.54) is 11.1 Å². The molecule has 0 aliphatic carbocycles. The Bertz CT molecular complexity index is 592. The van der Waals surface area contributed by atoms with Crippen LogP contribution in [0.2, 0.25) is 5.02 Å². The van der Waals surface area contributed by atoms with E-state index in [4.69, 9.17) is 17.4 Å². The van der Waals surface area contributed by atoms with Crippen molar-refractivity contribution in [1.29, 1.82) is 0 Å². The zero-order valence-electron chi connectivity index (χ0n) is 12.2. The second kappa shape index (κ2) is 6.39. The van der Waals surface area contributed by atoms with E-state index in [-0.39, 0.29) is 6.04 Å². The monoisotopic (exact) mass is 292 g/mol. The quantitative estimate of drug-likeness (QED) is 0.657. The third kappa shape index (κ3) is 2.87. The summed E-state index contributed by atoms with van der Waals surface area (Å²) >= 11 is 6.32. The first kappa shape index (κ1) is 15.0. The van der Waals surface area contributed by atoms with Crippen LogP contribution in [0.5, 0.6) is 0 Å². The number of benzene rings is 1. The Balaban J connectivity index is 2.52. The maximum atomic E-state index is 6.32. The predicted molar refractivity (Wildman–Crippen MR) is 82.6 cm³/mol. The summed E-state index contributed by atoms with van der Waals surface area (Å²) in [6.07, 6.45) is 2.68. The average Bonchev–Trinajstić information content (AvgIpc) is 2.77. The van der Waals surface area contributed by atoms with Gasteiger partial charge in [-0.1, -0.05) is 42.3 Å². The van der Waals surface area contributed by atoms with Gasteiger partial charge in [0.2, 0.25) is 0 Å². The molecular formula is C15H21ClN4. The van der Waals surface area contributed by atoms with Gasteiger partial charge >= 0.3 is 0 Å². The fourth-order valence-electron chi connectivity index (χ4n) is 2.44. The number of hydrogen-bond donors (Lipinski definition) is 2. The van der Waals surface area contributed by atoms with Crippen molar-refractivity contribution in [2.45, 2.75) is 39.8 Å². The minimum Gasteiger partial charge on any atom is -0.271 e. The summed E-state index contributed by atoms with van der Waals surface area (Å²) in [7, 11) is 0. The largest absolute Gasteiger partial charge is 0.271 e. The van der Waals surface area contributed by atoms with E-state index < -0.39 is 0 Å². The molecule has 0 bridgehead atoms. The van der Waals surface area contributed by atoms with Crippen molar-refractivity contribution in [3.63, 3.8) is 0 Å². The first-order chi connectivity index (χ1) is 9.58. The molecule has 0 aliphatic heterocycles. The van der Waals surface area contributed by atoms with E-state index in [1.807, 2.05) is 4.68 Å². The van der Waals surface area contributed by atoms with Crippen molar-refractivity contribution in [2.75, 3.05) is 0 Å². The zero-order chi connectivity index (χ0) is 14.7. The summed E-state index contributed by atoms with van der Waals surface area (Å²) in [6.45, 7) is 7.09. The minimum atomic E-state index is -0.156. The molecule has 4 nitrogen and oxygen atoms in total. The van der Waals surface area contributed by atoms with Gasteiger partial charge in [-0.3, -0.25) is 10.5 Å². The molecule has 0 spiro atoms. The van der Waals surface area contributed by atoms with E-state index in [2.05, 4.69) is 49.5 Å². The number of rotatable bonds is 5. The number of hydrogen-bond acceptors (Lipinski definition) is 3. The first-order valence-electron chi connectivity index (χ1n) is 6.83. The number of nitrogens with two attached hydrogens (primary N) is 1. The third-order valence-electron chi connectivity index (χ3n) is 3.45. The van der Waals surface area contributed by atoms with Crippen LogP contribution in [0.15, 0.2) is 24.4 Å². The number of hydrazine groups is 1. The summed E-state index contributed by atoms with van der Waals surface area (Å²) in [5.74, 6) is 5.80.